The second-order valence-electron chi connectivity index (χ2n) is 8.70. The summed E-state index contributed by atoms with van der Waals surface area (Å²) in [5, 5.41) is 8.47. The molecule has 0 fully saturated rings. The van der Waals surface area contributed by atoms with Crippen LogP contribution in [0.2, 0.25) is 0 Å². The van der Waals surface area contributed by atoms with E-state index in [1.807, 2.05) is 48.5 Å². The highest BCUT2D eigenvalue weighted by atomic mass is 32.1. The number of methoxy groups -OCH3 is 1. The molecule has 0 saturated carbocycles. The van der Waals surface area contributed by atoms with Crippen LogP contribution < -0.4 is 10.1 Å². The zero-order chi connectivity index (χ0) is 25.1. The van der Waals surface area contributed by atoms with E-state index in [0.717, 1.165) is 40.1 Å². The van der Waals surface area contributed by atoms with Gasteiger partial charge in [0.15, 0.2) is 5.11 Å². The van der Waals surface area contributed by atoms with E-state index in [1.54, 1.807) is 7.11 Å². The summed E-state index contributed by atoms with van der Waals surface area (Å²) in [5.41, 5.74) is 6.23. The summed E-state index contributed by atoms with van der Waals surface area (Å²) in [6, 6.07) is 26.2. The minimum atomic E-state index is -0.214. The lowest BCUT2D eigenvalue weighted by atomic mass is 9.93. The number of ether oxygens (including phenoxy) is 1. The second kappa shape index (κ2) is 10.3. The molecule has 7 heteroatoms. The maximum atomic E-state index is 5.86. The number of hydrogen-bond acceptors (Lipinski definition) is 5. The van der Waals surface area contributed by atoms with E-state index in [4.69, 9.17) is 26.5 Å². The van der Waals surface area contributed by atoms with Crippen LogP contribution in [0.3, 0.4) is 0 Å². The fourth-order valence-corrected chi connectivity index (χ4v) is 4.75. The lowest BCUT2D eigenvalue weighted by Gasteiger charge is -2.37. The summed E-state index contributed by atoms with van der Waals surface area (Å²) in [5.74, 6) is 1.84. The van der Waals surface area contributed by atoms with Crippen LogP contribution in [0, 0.1) is 0 Å². The van der Waals surface area contributed by atoms with E-state index in [0.29, 0.717) is 23.4 Å². The fraction of sp³-hybridized carbons (Fsp3) is 0.207. The van der Waals surface area contributed by atoms with Crippen LogP contribution >= 0.6 is 12.2 Å². The first-order valence-corrected chi connectivity index (χ1v) is 12.4. The van der Waals surface area contributed by atoms with Crippen molar-refractivity contribution in [2.24, 2.45) is 0 Å². The van der Waals surface area contributed by atoms with Crippen LogP contribution in [0.25, 0.3) is 17.0 Å². The summed E-state index contributed by atoms with van der Waals surface area (Å²) in [7, 11) is 1.67. The second-order valence-corrected chi connectivity index (χ2v) is 9.09. The summed E-state index contributed by atoms with van der Waals surface area (Å²) < 4.78 is 11.3. The van der Waals surface area contributed by atoms with Gasteiger partial charge in [-0.2, -0.15) is 4.98 Å². The number of allylic oxidation sites excluding steroid dienone is 1. The van der Waals surface area contributed by atoms with Crippen LogP contribution in [-0.2, 0) is 13.0 Å². The van der Waals surface area contributed by atoms with Crippen LogP contribution in [0.1, 0.15) is 42.5 Å². The van der Waals surface area contributed by atoms with Gasteiger partial charge in [0.25, 0.3) is 5.89 Å². The maximum Gasteiger partial charge on any atom is 0.258 e. The molecule has 0 amide bonds. The number of benzene rings is 3. The molecule has 0 spiro atoms. The van der Waals surface area contributed by atoms with E-state index < -0.39 is 0 Å². The maximum absolute atomic E-state index is 5.86. The van der Waals surface area contributed by atoms with E-state index >= 15 is 0 Å². The molecule has 3 aromatic carbocycles. The smallest absolute Gasteiger partial charge is 0.258 e. The van der Waals surface area contributed by atoms with Crippen molar-refractivity contribution in [3.8, 4) is 17.1 Å². The first-order chi connectivity index (χ1) is 17.6. The first-order valence-electron chi connectivity index (χ1n) is 12.0. The summed E-state index contributed by atoms with van der Waals surface area (Å²) in [6.07, 6.45) is 0.983. The van der Waals surface area contributed by atoms with Crippen molar-refractivity contribution in [1.82, 2.24) is 20.4 Å². The third-order valence-electron chi connectivity index (χ3n) is 6.48. The van der Waals surface area contributed by atoms with E-state index in [1.165, 1.54) is 5.56 Å². The summed E-state index contributed by atoms with van der Waals surface area (Å²) in [6.45, 7) is 4.79. The van der Waals surface area contributed by atoms with E-state index in [9.17, 15) is 0 Å². The van der Waals surface area contributed by atoms with Crippen molar-refractivity contribution in [2.45, 2.75) is 32.9 Å². The topological polar surface area (TPSA) is 63.4 Å². The van der Waals surface area contributed by atoms with Gasteiger partial charge in [0, 0.05) is 11.3 Å². The molecule has 6 nitrogen and oxygen atoms in total. The van der Waals surface area contributed by atoms with Crippen molar-refractivity contribution in [1.29, 1.82) is 0 Å². The number of thiocarbonyl (C=S) groups is 1. The molecule has 1 atom stereocenters. The highest BCUT2D eigenvalue weighted by molar-refractivity contribution is 7.80. The van der Waals surface area contributed by atoms with Crippen LogP contribution in [0.15, 0.2) is 89.1 Å². The van der Waals surface area contributed by atoms with Gasteiger partial charge in [-0.1, -0.05) is 78.8 Å². The molecule has 0 saturated heterocycles. The number of nitrogens with one attached hydrogen (secondary N) is 1. The Kier molecular flexibility index (Phi) is 6.82. The molecule has 5 rings (SSSR count). The van der Waals surface area contributed by atoms with E-state index in [-0.39, 0.29) is 6.04 Å². The lowest BCUT2D eigenvalue weighted by Crippen LogP contribution is -2.45. The quantitative estimate of drug-likeness (QED) is 0.307. The standard InChI is InChI=1S/C29H28N4O2S/c1-4-20-13-15-22(16-14-20)26-25(28-31-27(32-35-28)23-10-6-5-7-11-23)19(2)33(29(36)30-26)18-21-9-8-12-24(17-21)34-3/h5-17,26H,4,18H2,1-3H3,(H,30,36). The normalized spacial score (nSPS) is 15.7. The Morgan fingerprint density at radius 3 is 2.50 bits per heavy atom. The Morgan fingerprint density at radius 2 is 1.78 bits per heavy atom. The van der Waals surface area contributed by atoms with Gasteiger partial charge in [-0.3, -0.25) is 0 Å². The van der Waals surface area contributed by atoms with Crippen LogP contribution in [0.4, 0.5) is 0 Å². The third kappa shape index (κ3) is 4.75. The Balaban J connectivity index is 1.58. The molecular formula is C29H28N4O2S. The molecule has 1 unspecified atom stereocenters. The Bertz CT molecular complexity index is 1400. The van der Waals surface area contributed by atoms with Gasteiger partial charge in [-0.15, -0.1) is 0 Å². The molecule has 0 radical (unpaired) electrons. The van der Waals surface area contributed by atoms with Gasteiger partial charge in [0.05, 0.1) is 25.3 Å². The van der Waals surface area contributed by atoms with Gasteiger partial charge in [-0.05, 0) is 54.4 Å². The van der Waals surface area contributed by atoms with Gasteiger partial charge in [0.1, 0.15) is 5.75 Å². The Morgan fingerprint density at radius 1 is 1.00 bits per heavy atom. The predicted octanol–water partition coefficient (Wildman–Crippen LogP) is 6.17. The molecule has 0 bridgehead atoms. The van der Waals surface area contributed by atoms with Crippen LogP contribution in [-0.4, -0.2) is 27.3 Å². The van der Waals surface area contributed by atoms with Gasteiger partial charge in [-0.25, -0.2) is 0 Å². The molecule has 0 aliphatic carbocycles. The number of aromatic nitrogens is 2. The summed E-state index contributed by atoms with van der Waals surface area (Å²) >= 11 is 5.86. The van der Waals surface area contributed by atoms with Gasteiger partial charge >= 0.3 is 0 Å². The minimum Gasteiger partial charge on any atom is -0.497 e. The zero-order valence-electron chi connectivity index (χ0n) is 20.6. The zero-order valence-corrected chi connectivity index (χ0v) is 21.4. The molecule has 182 valence electrons. The monoisotopic (exact) mass is 496 g/mol. The molecule has 1 aliphatic rings. The largest absolute Gasteiger partial charge is 0.497 e. The molecule has 1 aliphatic heterocycles. The van der Waals surface area contributed by atoms with E-state index in [2.05, 4.69) is 59.6 Å². The SMILES string of the molecule is CCc1ccc(C2NC(=S)N(Cc3cccc(OC)c3)C(C)=C2c2nc(-c3ccccc3)no2)cc1. The van der Waals surface area contributed by atoms with Crippen molar-refractivity contribution in [3.63, 3.8) is 0 Å². The lowest BCUT2D eigenvalue weighted by molar-refractivity contribution is 0.395. The van der Waals surface area contributed by atoms with Gasteiger partial charge < -0.3 is 19.5 Å². The molecule has 1 N–H and O–H groups in total. The molecule has 4 aromatic rings. The molecular weight excluding hydrogens is 468 g/mol. The summed E-state index contributed by atoms with van der Waals surface area (Å²) in [4.78, 5) is 6.86. The average molecular weight is 497 g/mol. The number of nitrogens with zero attached hydrogens (tertiary/aromatic N) is 3. The predicted molar refractivity (Wildman–Crippen MR) is 145 cm³/mol. The number of aryl methyl sites for hydroxylation is 1. The molecule has 36 heavy (non-hydrogen) atoms. The first kappa shape index (κ1) is 23.8. The highest BCUT2D eigenvalue weighted by Gasteiger charge is 2.34. The highest BCUT2D eigenvalue weighted by Crippen LogP contribution is 2.38. The number of rotatable bonds is 7. The van der Waals surface area contributed by atoms with Gasteiger partial charge in [0.2, 0.25) is 5.82 Å². The van der Waals surface area contributed by atoms with Crippen molar-refractivity contribution < 1.29 is 9.26 Å². The Labute approximate surface area is 216 Å². The Hall–Kier alpha value is -3.97. The van der Waals surface area contributed by atoms with Crippen LogP contribution in [0.5, 0.6) is 5.75 Å². The van der Waals surface area contributed by atoms with Crippen molar-refractivity contribution >= 4 is 22.9 Å². The van der Waals surface area contributed by atoms with Crippen molar-refractivity contribution in [3.05, 3.63) is 107 Å². The fourth-order valence-electron chi connectivity index (χ4n) is 4.44. The number of hydrogen-bond donors (Lipinski definition) is 1. The third-order valence-corrected chi connectivity index (χ3v) is 6.82. The minimum absolute atomic E-state index is 0.214. The van der Waals surface area contributed by atoms with Crippen molar-refractivity contribution in [2.75, 3.05) is 7.11 Å². The molecule has 2 heterocycles. The average Bonchev–Trinajstić information content (AvgIpc) is 3.41. The molecule has 1 aromatic heterocycles.